The second-order valence-electron chi connectivity index (χ2n) is 7.84. The van der Waals surface area contributed by atoms with Crippen LogP contribution in [0.4, 0.5) is 5.82 Å². The predicted molar refractivity (Wildman–Crippen MR) is 138 cm³/mol. The number of rotatable bonds is 7. The topological polar surface area (TPSA) is 74.3 Å². The number of nitrogens with zero attached hydrogens (tertiary/aromatic N) is 4. The van der Waals surface area contributed by atoms with Crippen molar-refractivity contribution >= 4 is 35.8 Å². The molecule has 0 aliphatic carbocycles. The van der Waals surface area contributed by atoms with Crippen molar-refractivity contribution in [3.8, 4) is 11.5 Å². The van der Waals surface area contributed by atoms with E-state index in [1.807, 2.05) is 24.4 Å². The lowest BCUT2D eigenvalue weighted by Crippen LogP contribution is -2.45. The van der Waals surface area contributed by atoms with Gasteiger partial charge in [-0.1, -0.05) is 12.1 Å². The quantitative estimate of drug-likeness (QED) is 0.311. The number of piperazine rings is 1. The molecule has 0 spiro atoms. The van der Waals surface area contributed by atoms with Gasteiger partial charge in [-0.2, -0.15) is 0 Å². The molecule has 2 aliphatic heterocycles. The smallest absolute Gasteiger partial charge is 0.231 e. The minimum Gasteiger partial charge on any atom is -0.454 e. The molecule has 0 radical (unpaired) electrons. The van der Waals surface area contributed by atoms with Gasteiger partial charge in [0.05, 0.1) is 6.54 Å². The number of likely N-dealkylation sites (N-methyl/N-ethyl adjacent to an activating group) is 1. The van der Waals surface area contributed by atoms with Gasteiger partial charge < -0.3 is 29.9 Å². The van der Waals surface area contributed by atoms with Gasteiger partial charge in [0.1, 0.15) is 5.82 Å². The third-order valence-corrected chi connectivity index (χ3v) is 5.57. The molecule has 0 saturated carbocycles. The van der Waals surface area contributed by atoms with E-state index in [0.717, 1.165) is 74.5 Å². The molecule has 1 aromatic carbocycles. The minimum atomic E-state index is 0. The number of hydrogen-bond donors (Lipinski definition) is 2. The summed E-state index contributed by atoms with van der Waals surface area (Å²) in [6.45, 7) is 8.68. The number of halogens is 1. The summed E-state index contributed by atoms with van der Waals surface area (Å²) in [4.78, 5) is 14.2. The van der Waals surface area contributed by atoms with Gasteiger partial charge in [0.2, 0.25) is 6.79 Å². The highest BCUT2D eigenvalue weighted by atomic mass is 127. The first-order chi connectivity index (χ1) is 15.2. The molecule has 2 N–H and O–H groups in total. The second-order valence-corrected chi connectivity index (χ2v) is 7.84. The lowest BCUT2D eigenvalue weighted by molar-refractivity contribution is 0.174. The first kappa shape index (κ1) is 24.4. The Hall–Kier alpha value is -2.27. The fraction of sp³-hybridized carbons (Fsp3) is 0.478. The Labute approximate surface area is 207 Å². The number of nitrogens with one attached hydrogen (secondary N) is 2. The van der Waals surface area contributed by atoms with Crippen LogP contribution >= 0.6 is 24.0 Å². The van der Waals surface area contributed by atoms with E-state index in [4.69, 9.17) is 14.5 Å². The van der Waals surface area contributed by atoms with Crippen molar-refractivity contribution in [2.75, 3.05) is 58.0 Å². The van der Waals surface area contributed by atoms with Crippen LogP contribution in [-0.2, 0) is 13.0 Å². The number of benzene rings is 1. The molecule has 8 nitrogen and oxygen atoms in total. The van der Waals surface area contributed by atoms with E-state index in [1.54, 1.807) is 0 Å². The van der Waals surface area contributed by atoms with Crippen LogP contribution in [0.15, 0.2) is 41.5 Å². The predicted octanol–water partition coefficient (Wildman–Crippen LogP) is 2.48. The third-order valence-electron chi connectivity index (χ3n) is 5.57. The highest BCUT2D eigenvalue weighted by Gasteiger charge is 2.18. The fourth-order valence-corrected chi connectivity index (χ4v) is 3.78. The summed E-state index contributed by atoms with van der Waals surface area (Å²) in [5, 5.41) is 6.78. The van der Waals surface area contributed by atoms with Crippen molar-refractivity contribution in [3.63, 3.8) is 0 Å². The molecule has 2 aromatic rings. The Morgan fingerprint density at radius 1 is 1.09 bits per heavy atom. The standard InChI is InChI=1S/C23H32N6O2.HI/c1-3-24-23(26-10-8-18-6-7-20-21(15-18)31-17-30-20)27-16-19-5-4-9-25-22(19)29-13-11-28(2)12-14-29;/h4-7,9,15H,3,8,10-14,16-17H2,1-2H3,(H2,24,26,27);1H. The zero-order valence-electron chi connectivity index (χ0n) is 18.8. The van der Waals surface area contributed by atoms with Crippen LogP contribution in [0.3, 0.4) is 0 Å². The normalized spacial score (nSPS) is 15.9. The lowest BCUT2D eigenvalue weighted by atomic mass is 10.1. The molecule has 1 aromatic heterocycles. The Bertz CT molecular complexity index is 902. The van der Waals surface area contributed by atoms with Crippen LogP contribution < -0.4 is 25.0 Å². The Balaban J connectivity index is 0.00000289. The maximum absolute atomic E-state index is 5.47. The average molecular weight is 552 g/mol. The maximum Gasteiger partial charge on any atom is 0.231 e. The molecule has 3 heterocycles. The summed E-state index contributed by atoms with van der Waals surface area (Å²) in [6, 6.07) is 10.2. The number of ether oxygens (including phenoxy) is 2. The number of hydrogen-bond acceptors (Lipinski definition) is 6. The first-order valence-corrected chi connectivity index (χ1v) is 11.0. The summed E-state index contributed by atoms with van der Waals surface area (Å²) in [5.41, 5.74) is 2.36. The largest absolute Gasteiger partial charge is 0.454 e. The van der Waals surface area contributed by atoms with E-state index in [-0.39, 0.29) is 24.0 Å². The van der Waals surface area contributed by atoms with Crippen LogP contribution in [0.5, 0.6) is 11.5 Å². The molecule has 0 amide bonds. The second kappa shape index (κ2) is 12.1. The number of aliphatic imine (C=N–C) groups is 1. The molecule has 0 unspecified atom stereocenters. The molecule has 2 aliphatic rings. The first-order valence-electron chi connectivity index (χ1n) is 11.0. The summed E-state index contributed by atoms with van der Waals surface area (Å²) in [6.07, 6.45) is 2.75. The van der Waals surface area contributed by atoms with E-state index in [1.165, 1.54) is 5.56 Å². The van der Waals surface area contributed by atoms with E-state index < -0.39 is 0 Å². The van der Waals surface area contributed by atoms with Gasteiger partial charge >= 0.3 is 0 Å². The summed E-state index contributed by atoms with van der Waals surface area (Å²) < 4.78 is 10.9. The van der Waals surface area contributed by atoms with Crippen molar-refractivity contribution in [3.05, 3.63) is 47.7 Å². The van der Waals surface area contributed by atoms with Crippen molar-refractivity contribution in [1.82, 2.24) is 20.5 Å². The number of aromatic nitrogens is 1. The Morgan fingerprint density at radius 2 is 1.91 bits per heavy atom. The van der Waals surface area contributed by atoms with Crippen LogP contribution in [0.1, 0.15) is 18.1 Å². The molecular weight excluding hydrogens is 519 g/mol. The molecule has 0 atom stereocenters. The molecule has 0 bridgehead atoms. The molecule has 174 valence electrons. The number of pyridine rings is 1. The van der Waals surface area contributed by atoms with Gasteiger partial charge in [-0.15, -0.1) is 24.0 Å². The highest BCUT2D eigenvalue weighted by molar-refractivity contribution is 14.0. The monoisotopic (exact) mass is 552 g/mol. The van der Waals surface area contributed by atoms with E-state index in [0.29, 0.717) is 13.3 Å². The van der Waals surface area contributed by atoms with Gasteiger partial charge in [0.15, 0.2) is 17.5 Å². The van der Waals surface area contributed by atoms with Crippen LogP contribution in [-0.4, -0.2) is 69.0 Å². The summed E-state index contributed by atoms with van der Waals surface area (Å²) in [7, 11) is 2.17. The molecule has 32 heavy (non-hydrogen) atoms. The summed E-state index contributed by atoms with van der Waals surface area (Å²) >= 11 is 0. The molecule has 4 rings (SSSR count). The Morgan fingerprint density at radius 3 is 2.72 bits per heavy atom. The minimum absolute atomic E-state index is 0. The zero-order valence-corrected chi connectivity index (χ0v) is 21.2. The van der Waals surface area contributed by atoms with E-state index in [2.05, 4.69) is 51.5 Å². The molecule has 1 fully saturated rings. The highest BCUT2D eigenvalue weighted by Crippen LogP contribution is 2.32. The zero-order chi connectivity index (χ0) is 21.5. The van der Waals surface area contributed by atoms with Gasteiger partial charge in [-0.25, -0.2) is 9.98 Å². The molecular formula is C23H33IN6O2. The number of anilines is 1. The van der Waals surface area contributed by atoms with E-state index >= 15 is 0 Å². The van der Waals surface area contributed by atoms with Crippen molar-refractivity contribution in [2.24, 2.45) is 4.99 Å². The Kier molecular flexibility index (Phi) is 9.22. The van der Waals surface area contributed by atoms with E-state index in [9.17, 15) is 0 Å². The van der Waals surface area contributed by atoms with Crippen LogP contribution in [0.25, 0.3) is 0 Å². The van der Waals surface area contributed by atoms with Crippen LogP contribution in [0.2, 0.25) is 0 Å². The summed E-state index contributed by atoms with van der Waals surface area (Å²) in [5.74, 6) is 3.51. The third kappa shape index (κ3) is 6.38. The van der Waals surface area contributed by atoms with Crippen molar-refractivity contribution < 1.29 is 9.47 Å². The molecule has 9 heteroatoms. The lowest BCUT2D eigenvalue weighted by Gasteiger charge is -2.34. The van der Waals surface area contributed by atoms with Gasteiger partial charge in [-0.05, 0) is 44.2 Å². The number of fused-ring (bicyclic) bond motifs is 1. The molecule has 1 saturated heterocycles. The SMILES string of the molecule is CCNC(=NCc1cccnc1N1CCN(C)CC1)NCCc1ccc2c(c1)OCO2.I. The number of guanidine groups is 1. The maximum atomic E-state index is 5.47. The van der Waals surface area contributed by atoms with Gasteiger partial charge in [0.25, 0.3) is 0 Å². The average Bonchev–Trinajstić information content (AvgIpc) is 3.26. The van der Waals surface area contributed by atoms with Crippen molar-refractivity contribution in [2.45, 2.75) is 19.9 Å². The fourth-order valence-electron chi connectivity index (χ4n) is 3.78. The van der Waals surface area contributed by atoms with Crippen LogP contribution in [0, 0.1) is 0 Å². The van der Waals surface area contributed by atoms with Gasteiger partial charge in [-0.3, -0.25) is 0 Å². The van der Waals surface area contributed by atoms with Gasteiger partial charge in [0, 0.05) is 51.0 Å². The van der Waals surface area contributed by atoms with Crippen molar-refractivity contribution in [1.29, 1.82) is 0 Å².